The van der Waals surface area contributed by atoms with Gasteiger partial charge in [0.25, 0.3) is 0 Å². The first-order valence-electron chi connectivity index (χ1n) is 21.3. The van der Waals surface area contributed by atoms with Gasteiger partial charge < -0.3 is 4.74 Å². The Balaban J connectivity index is 0.944. The molecular weight excluding hydrogens is 755 g/mol. The molecular formula is C58H39N3O. The van der Waals surface area contributed by atoms with Gasteiger partial charge in [0.1, 0.15) is 11.9 Å². The van der Waals surface area contributed by atoms with Gasteiger partial charge in [-0.3, -0.25) is 0 Å². The van der Waals surface area contributed by atoms with Crippen LogP contribution in [-0.4, -0.2) is 21.1 Å². The highest BCUT2D eigenvalue weighted by Gasteiger charge is 2.53. The first-order chi connectivity index (χ1) is 30.7. The minimum absolute atomic E-state index is 0.0545. The third kappa shape index (κ3) is 5.79. The summed E-state index contributed by atoms with van der Waals surface area (Å²) in [6.45, 7) is 0. The molecule has 1 atom stereocenters. The molecule has 3 aliphatic rings. The molecule has 0 amide bonds. The molecule has 1 aromatic heterocycles. The molecule has 62 heavy (non-hydrogen) atoms. The monoisotopic (exact) mass is 793 g/mol. The van der Waals surface area contributed by atoms with E-state index in [2.05, 4.69) is 176 Å². The van der Waals surface area contributed by atoms with Gasteiger partial charge in [-0.05, 0) is 79.4 Å². The molecule has 9 aromatic rings. The fraction of sp³-hybridized carbons (Fsp3) is 0.0517. The number of fused-ring (bicyclic) bond motifs is 9. The van der Waals surface area contributed by atoms with Crippen molar-refractivity contribution in [3.05, 3.63) is 241 Å². The quantitative estimate of drug-likeness (QED) is 0.168. The molecule has 0 fully saturated rings. The molecule has 2 aliphatic carbocycles. The maximum atomic E-state index is 6.97. The van der Waals surface area contributed by atoms with Gasteiger partial charge in [-0.15, -0.1) is 0 Å². The van der Waals surface area contributed by atoms with Gasteiger partial charge in [0.2, 0.25) is 0 Å². The Bertz CT molecular complexity index is 3210. The van der Waals surface area contributed by atoms with Crippen molar-refractivity contribution in [3.8, 4) is 84.4 Å². The molecule has 12 rings (SSSR count). The Hall–Kier alpha value is -7.95. The van der Waals surface area contributed by atoms with E-state index in [0.717, 1.165) is 62.2 Å². The maximum absolute atomic E-state index is 6.97. The highest BCUT2D eigenvalue weighted by molar-refractivity contribution is 5.89. The molecule has 4 nitrogen and oxygen atoms in total. The van der Waals surface area contributed by atoms with E-state index in [-0.39, 0.29) is 6.10 Å². The lowest BCUT2D eigenvalue weighted by molar-refractivity contribution is 0.205. The third-order valence-corrected chi connectivity index (χ3v) is 12.7. The van der Waals surface area contributed by atoms with Crippen molar-refractivity contribution in [2.24, 2.45) is 0 Å². The molecule has 292 valence electrons. The first kappa shape index (κ1) is 35.9. The van der Waals surface area contributed by atoms with Crippen LogP contribution in [0.25, 0.3) is 78.7 Å². The topological polar surface area (TPSA) is 47.9 Å². The van der Waals surface area contributed by atoms with Crippen LogP contribution in [0.2, 0.25) is 0 Å². The Labute approximate surface area is 361 Å². The number of allylic oxidation sites excluding steroid dienone is 2. The van der Waals surface area contributed by atoms with E-state index >= 15 is 0 Å². The molecule has 0 saturated carbocycles. The van der Waals surface area contributed by atoms with Gasteiger partial charge in [0, 0.05) is 28.7 Å². The second kappa shape index (κ2) is 14.6. The zero-order valence-electron chi connectivity index (χ0n) is 33.8. The fourth-order valence-corrected chi connectivity index (χ4v) is 9.95. The SMILES string of the molecule is C1=CCC2Oc3cc(-c4cccc(-c5cccc(-c6nc(-c7ccccc7)nc(-c7ccccc7-c7ccccc7)n6)c5)c4)ccc3C3(C2=C1)c1ccccc1-c1ccccc13. The number of aromatic nitrogens is 3. The van der Waals surface area contributed by atoms with Gasteiger partial charge in [-0.1, -0.05) is 200 Å². The van der Waals surface area contributed by atoms with E-state index in [4.69, 9.17) is 19.7 Å². The molecule has 4 heteroatoms. The van der Waals surface area contributed by atoms with Crippen LogP contribution < -0.4 is 4.74 Å². The summed E-state index contributed by atoms with van der Waals surface area (Å²) in [5.41, 5.74) is 16.7. The molecule has 0 bridgehead atoms. The van der Waals surface area contributed by atoms with Crippen LogP contribution in [0.4, 0.5) is 0 Å². The molecule has 1 spiro atoms. The molecule has 2 heterocycles. The van der Waals surface area contributed by atoms with E-state index in [1.807, 2.05) is 42.5 Å². The second-order valence-electron chi connectivity index (χ2n) is 16.2. The van der Waals surface area contributed by atoms with Crippen molar-refractivity contribution in [3.63, 3.8) is 0 Å². The minimum Gasteiger partial charge on any atom is -0.485 e. The van der Waals surface area contributed by atoms with E-state index in [9.17, 15) is 0 Å². The van der Waals surface area contributed by atoms with Crippen molar-refractivity contribution < 1.29 is 4.74 Å². The van der Waals surface area contributed by atoms with Gasteiger partial charge in [-0.2, -0.15) is 0 Å². The second-order valence-corrected chi connectivity index (χ2v) is 16.2. The van der Waals surface area contributed by atoms with Gasteiger partial charge >= 0.3 is 0 Å². The Kier molecular flexibility index (Phi) is 8.49. The van der Waals surface area contributed by atoms with E-state index in [0.29, 0.717) is 17.5 Å². The van der Waals surface area contributed by atoms with Crippen LogP contribution in [0.1, 0.15) is 23.1 Å². The van der Waals surface area contributed by atoms with Crippen molar-refractivity contribution in [1.29, 1.82) is 0 Å². The molecule has 1 unspecified atom stereocenters. The van der Waals surface area contributed by atoms with Crippen LogP contribution in [0.3, 0.4) is 0 Å². The summed E-state index contributed by atoms with van der Waals surface area (Å²) in [4.78, 5) is 15.3. The predicted octanol–water partition coefficient (Wildman–Crippen LogP) is 13.8. The maximum Gasteiger partial charge on any atom is 0.164 e. The van der Waals surface area contributed by atoms with Crippen molar-refractivity contribution in [2.75, 3.05) is 0 Å². The predicted molar refractivity (Wildman–Crippen MR) is 250 cm³/mol. The van der Waals surface area contributed by atoms with E-state index in [1.54, 1.807) is 0 Å². The lowest BCUT2D eigenvalue weighted by Crippen LogP contribution is -2.42. The molecule has 8 aromatic carbocycles. The number of nitrogens with zero attached hydrogens (tertiary/aromatic N) is 3. The summed E-state index contributed by atoms with van der Waals surface area (Å²) in [7, 11) is 0. The van der Waals surface area contributed by atoms with E-state index in [1.165, 1.54) is 33.4 Å². The van der Waals surface area contributed by atoms with E-state index < -0.39 is 5.41 Å². The largest absolute Gasteiger partial charge is 0.485 e. The summed E-state index contributed by atoms with van der Waals surface area (Å²) in [5, 5.41) is 0. The number of ether oxygens (including phenoxy) is 1. The van der Waals surface area contributed by atoms with Crippen molar-refractivity contribution in [1.82, 2.24) is 15.0 Å². The Morgan fingerprint density at radius 3 is 1.56 bits per heavy atom. The summed E-state index contributed by atoms with van der Waals surface area (Å²) in [6, 6.07) is 70.9. The highest BCUT2D eigenvalue weighted by Crippen LogP contribution is 2.61. The Morgan fingerprint density at radius 2 is 0.887 bits per heavy atom. The van der Waals surface area contributed by atoms with Crippen LogP contribution in [0.5, 0.6) is 5.75 Å². The highest BCUT2D eigenvalue weighted by atomic mass is 16.5. The lowest BCUT2D eigenvalue weighted by atomic mass is 9.63. The first-order valence-corrected chi connectivity index (χ1v) is 21.3. The molecule has 0 N–H and O–H groups in total. The van der Waals surface area contributed by atoms with Crippen LogP contribution >= 0.6 is 0 Å². The zero-order valence-corrected chi connectivity index (χ0v) is 33.8. The van der Waals surface area contributed by atoms with Crippen LogP contribution in [0.15, 0.2) is 224 Å². The van der Waals surface area contributed by atoms with Crippen molar-refractivity contribution >= 4 is 0 Å². The minimum atomic E-state index is -0.421. The smallest absolute Gasteiger partial charge is 0.164 e. The summed E-state index contributed by atoms with van der Waals surface area (Å²) in [5.74, 6) is 2.83. The number of rotatable bonds is 6. The van der Waals surface area contributed by atoms with Crippen molar-refractivity contribution in [2.45, 2.75) is 17.9 Å². The zero-order chi connectivity index (χ0) is 41.0. The average Bonchev–Trinajstić information content (AvgIpc) is 3.65. The summed E-state index contributed by atoms with van der Waals surface area (Å²) in [6.07, 6.45) is 7.51. The van der Waals surface area contributed by atoms with Crippen LogP contribution in [-0.2, 0) is 5.41 Å². The normalized spacial score (nSPS) is 15.2. The summed E-state index contributed by atoms with van der Waals surface area (Å²) >= 11 is 0. The lowest BCUT2D eigenvalue weighted by Gasteiger charge is -2.45. The fourth-order valence-electron chi connectivity index (χ4n) is 9.95. The molecule has 1 aliphatic heterocycles. The number of benzene rings is 8. The molecule has 0 saturated heterocycles. The van der Waals surface area contributed by atoms with Gasteiger partial charge in [0.05, 0.1) is 5.41 Å². The standard InChI is InChI=1S/C58H39N3O/c1-3-17-38(18-4-1)45-25-7-8-28-48(45)57-60-55(39-19-5-2-6-20-39)59-56(61-57)44-24-16-23-42(36-44)40-21-15-22-41(35-40)43-33-34-52-54(37-43)62-53-32-14-13-31-51(53)58(52)49-29-11-9-26-46(49)47-27-10-12-30-50(47)58/h1-31,33-37,53H,32H2. The number of hydrogen-bond acceptors (Lipinski definition) is 4. The molecule has 0 radical (unpaired) electrons. The number of hydrogen-bond donors (Lipinski definition) is 0. The van der Waals surface area contributed by atoms with Crippen LogP contribution in [0, 0.1) is 0 Å². The average molecular weight is 794 g/mol. The third-order valence-electron chi connectivity index (χ3n) is 12.7. The summed E-state index contributed by atoms with van der Waals surface area (Å²) < 4.78 is 6.97. The van der Waals surface area contributed by atoms with Gasteiger partial charge in [0.15, 0.2) is 17.5 Å². The van der Waals surface area contributed by atoms with Gasteiger partial charge in [-0.25, -0.2) is 15.0 Å². The Morgan fingerprint density at radius 1 is 0.387 bits per heavy atom.